The molecule has 0 aliphatic heterocycles. The molecule has 0 unspecified atom stereocenters. The number of thioether (sulfide) groups is 1. The Kier molecular flexibility index (Phi) is 5.95. The molecule has 0 aliphatic rings. The van der Waals surface area contributed by atoms with Gasteiger partial charge in [0.05, 0.1) is 10.2 Å². The molecule has 30 heavy (non-hydrogen) atoms. The zero-order valence-electron chi connectivity index (χ0n) is 17.1. The minimum atomic E-state index is 0.0324. The van der Waals surface area contributed by atoms with Gasteiger partial charge >= 0.3 is 0 Å². The minimum Gasteiger partial charge on any atom is -0.288 e. The molecular weight excluding hydrogens is 440 g/mol. The Hall–Kier alpha value is -2.23. The van der Waals surface area contributed by atoms with Gasteiger partial charge in [-0.1, -0.05) is 34.7 Å². The van der Waals surface area contributed by atoms with E-state index >= 15 is 0 Å². The van der Waals surface area contributed by atoms with Gasteiger partial charge < -0.3 is 0 Å². The topological polar surface area (TPSA) is 76.3 Å². The molecule has 0 spiro atoms. The van der Waals surface area contributed by atoms with Crippen molar-refractivity contribution in [1.29, 1.82) is 0 Å². The standard InChI is InChI=1S/C20H21ClN6OS2/c1-5-26(20-23-15-10-13(21)6-8-16(15)30-20)17(28)9-7-14-11(2)22-18-24-19(29-4)25-27(18)12(14)3/h6,8,10H,5,7,9H2,1-4H3. The molecular formula is C20H21ClN6OS2. The number of hydrogen-bond acceptors (Lipinski definition) is 7. The number of thiazole rings is 1. The van der Waals surface area contributed by atoms with E-state index in [9.17, 15) is 4.79 Å². The number of aromatic nitrogens is 5. The quantitative estimate of drug-likeness (QED) is 0.388. The Balaban J connectivity index is 1.56. The summed E-state index contributed by atoms with van der Waals surface area (Å²) in [5, 5.41) is 6.50. The Morgan fingerprint density at radius 3 is 2.80 bits per heavy atom. The van der Waals surface area contributed by atoms with Gasteiger partial charge in [0.1, 0.15) is 0 Å². The number of fused-ring (bicyclic) bond motifs is 2. The molecule has 0 N–H and O–H groups in total. The van der Waals surface area contributed by atoms with Crippen molar-refractivity contribution in [3.8, 4) is 0 Å². The lowest BCUT2D eigenvalue weighted by molar-refractivity contribution is -0.118. The third-order valence-corrected chi connectivity index (χ3v) is 6.82. The van der Waals surface area contributed by atoms with Crippen molar-refractivity contribution in [3.63, 3.8) is 0 Å². The zero-order valence-corrected chi connectivity index (χ0v) is 19.5. The lowest BCUT2D eigenvalue weighted by Gasteiger charge is -2.18. The van der Waals surface area contributed by atoms with Gasteiger partial charge in [0.2, 0.25) is 11.1 Å². The summed E-state index contributed by atoms with van der Waals surface area (Å²) in [6, 6.07) is 5.60. The Bertz CT molecular complexity index is 1250. The predicted molar refractivity (Wildman–Crippen MR) is 123 cm³/mol. The number of aryl methyl sites for hydroxylation is 2. The first-order chi connectivity index (χ1) is 14.4. The van der Waals surface area contributed by atoms with Crippen LogP contribution in [0.1, 0.15) is 30.3 Å². The molecule has 4 rings (SSSR count). The second-order valence-electron chi connectivity index (χ2n) is 6.82. The van der Waals surface area contributed by atoms with Gasteiger partial charge in [-0.05, 0) is 57.2 Å². The van der Waals surface area contributed by atoms with Gasteiger partial charge in [0.25, 0.3) is 5.78 Å². The highest BCUT2D eigenvalue weighted by molar-refractivity contribution is 7.98. The molecule has 10 heteroatoms. The smallest absolute Gasteiger partial charge is 0.253 e. The molecule has 3 aromatic heterocycles. The summed E-state index contributed by atoms with van der Waals surface area (Å²) in [7, 11) is 0. The van der Waals surface area contributed by atoms with Crippen LogP contribution in [0.2, 0.25) is 5.02 Å². The number of amides is 1. The molecule has 0 aliphatic carbocycles. The molecule has 0 atom stereocenters. The molecule has 0 bridgehead atoms. The Morgan fingerprint density at radius 1 is 1.27 bits per heavy atom. The van der Waals surface area contributed by atoms with E-state index in [1.54, 1.807) is 9.42 Å². The summed E-state index contributed by atoms with van der Waals surface area (Å²) in [4.78, 5) is 28.4. The number of anilines is 1. The maximum atomic E-state index is 13.0. The number of rotatable bonds is 6. The minimum absolute atomic E-state index is 0.0324. The first-order valence-electron chi connectivity index (χ1n) is 9.54. The molecule has 0 saturated heterocycles. The van der Waals surface area contributed by atoms with Gasteiger partial charge in [-0.3, -0.25) is 9.69 Å². The highest BCUT2D eigenvalue weighted by Gasteiger charge is 2.20. The average molecular weight is 461 g/mol. The van der Waals surface area contributed by atoms with Crippen LogP contribution < -0.4 is 4.90 Å². The molecule has 3 heterocycles. The molecule has 0 fully saturated rings. The number of carbonyl (C=O) groups is 1. The molecule has 0 radical (unpaired) electrons. The summed E-state index contributed by atoms with van der Waals surface area (Å²) in [6.07, 6.45) is 2.89. The average Bonchev–Trinajstić information content (AvgIpc) is 3.31. The summed E-state index contributed by atoms with van der Waals surface area (Å²) >= 11 is 9.05. The fourth-order valence-corrected chi connectivity index (χ4v) is 4.96. The van der Waals surface area contributed by atoms with E-state index in [1.165, 1.54) is 23.1 Å². The third kappa shape index (κ3) is 3.89. The molecule has 156 valence electrons. The number of halogens is 1. The SMILES string of the molecule is CCN(C(=O)CCc1c(C)nc2nc(SC)nn2c1C)c1nc2cc(Cl)ccc2s1. The lowest BCUT2D eigenvalue weighted by Crippen LogP contribution is -2.30. The molecule has 4 aromatic rings. The van der Waals surface area contributed by atoms with Crippen LogP contribution in [0.25, 0.3) is 16.0 Å². The fourth-order valence-electron chi connectivity index (χ4n) is 3.43. The Morgan fingerprint density at radius 2 is 2.07 bits per heavy atom. The predicted octanol–water partition coefficient (Wildman–Crippen LogP) is 4.71. The normalized spacial score (nSPS) is 11.5. The fraction of sp³-hybridized carbons (Fsp3) is 0.350. The number of carbonyl (C=O) groups excluding carboxylic acids is 1. The highest BCUT2D eigenvalue weighted by atomic mass is 35.5. The second-order valence-corrected chi connectivity index (χ2v) is 9.04. The summed E-state index contributed by atoms with van der Waals surface area (Å²) in [5.41, 5.74) is 3.69. The zero-order chi connectivity index (χ0) is 21.4. The van der Waals surface area contributed by atoms with Crippen LogP contribution >= 0.6 is 34.7 Å². The van der Waals surface area contributed by atoms with Gasteiger partial charge in [0.15, 0.2) is 5.13 Å². The van der Waals surface area contributed by atoms with E-state index in [2.05, 4.69) is 20.1 Å². The van der Waals surface area contributed by atoms with E-state index in [0.717, 1.165) is 27.2 Å². The van der Waals surface area contributed by atoms with Gasteiger partial charge in [0, 0.05) is 29.4 Å². The van der Waals surface area contributed by atoms with Crippen LogP contribution in [0.4, 0.5) is 5.13 Å². The van der Waals surface area contributed by atoms with Crippen molar-refractivity contribution in [1.82, 2.24) is 24.6 Å². The first kappa shape index (κ1) is 21.0. The second kappa shape index (κ2) is 8.49. The lowest BCUT2D eigenvalue weighted by atomic mass is 10.1. The van der Waals surface area contributed by atoms with Crippen LogP contribution in [0.3, 0.4) is 0 Å². The van der Waals surface area contributed by atoms with Crippen LogP contribution in [0.15, 0.2) is 23.4 Å². The van der Waals surface area contributed by atoms with Crippen molar-refractivity contribution in [2.24, 2.45) is 0 Å². The molecule has 1 amide bonds. The maximum absolute atomic E-state index is 13.0. The van der Waals surface area contributed by atoms with Crippen molar-refractivity contribution in [3.05, 3.63) is 40.2 Å². The first-order valence-corrected chi connectivity index (χ1v) is 12.0. The van der Waals surface area contributed by atoms with Crippen molar-refractivity contribution in [2.45, 2.75) is 38.8 Å². The van der Waals surface area contributed by atoms with E-state index in [0.29, 0.717) is 40.5 Å². The Labute approximate surface area is 187 Å². The number of hydrogen-bond donors (Lipinski definition) is 0. The summed E-state index contributed by atoms with van der Waals surface area (Å²) < 4.78 is 2.77. The van der Waals surface area contributed by atoms with Crippen LogP contribution in [0.5, 0.6) is 0 Å². The van der Waals surface area contributed by atoms with E-state index in [1.807, 2.05) is 45.2 Å². The molecule has 1 aromatic carbocycles. The molecule has 0 saturated carbocycles. The van der Waals surface area contributed by atoms with Crippen LogP contribution in [0, 0.1) is 13.8 Å². The largest absolute Gasteiger partial charge is 0.288 e. The van der Waals surface area contributed by atoms with Crippen molar-refractivity contribution >= 4 is 61.7 Å². The van der Waals surface area contributed by atoms with E-state index < -0.39 is 0 Å². The van der Waals surface area contributed by atoms with Gasteiger partial charge in [-0.15, -0.1) is 5.10 Å². The van der Waals surface area contributed by atoms with Crippen molar-refractivity contribution in [2.75, 3.05) is 17.7 Å². The summed E-state index contributed by atoms with van der Waals surface area (Å²) in [5.74, 6) is 0.623. The van der Waals surface area contributed by atoms with Gasteiger partial charge in [-0.2, -0.15) is 4.98 Å². The number of benzene rings is 1. The monoisotopic (exact) mass is 460 g/mol. The summed E-state index contributed by atoms with van der Waals surface area (Å²) in [6.45, 7) is 6.46. The van der Waals surface area contributed by atoms with Crippen LogP contribution in [-0.4, -0.2) is 43.3 Å². The van der Waals surface area contributed by atoms with Crippen molar-refractivity contribution < 1.29 is 4.79 Å². The maximum Gasteiger partial charge on any atom is 0.253 e. The van der Waals surface area contributed by atoms with E-state index in [-0.39, 0.29) is 5.91 Å². The van der Waals surface area contributed by atoms with Gasteiger partial charge in [-0.25, -0.2) is 14.5 Å². The highest BCUT2D eigenvalue weighted by Crippen LogP contribution is 2.31. The number of nitrogens with zero attached hydrogens (tertiary/aromatic N) is 6. The van der Waals surface area contributed by atoms with E-state index in [4.69, 9.17) is 11.6 Å². The third-order valence-electron chi connectivity index (χ3n) is 4.99. The molecule has 7 nitrogen and oxygen atoms in total. The van der Waals surface area contributed by atoms with Crippen LogP contribution in [-0.2, 0) is 11.2 Å².